The first-order valence-corrected chi connectivity index (χ1v) is 6.52. The quantitative estimate of drug-likeness (QED) is 0.301. The summed E-state index contributed by atoms with van der Waals surface area (Å²) in [4.78, 5) is 10.6. The molecule has 8 heteroatoms. The van der Waals surface area contributed by atoms with Crippen LogP contribution in [-0.2, 0) is 24.4 Å². The Balaban J connectivity index is -0.000000165. The topological polar surface area (TPSA) is 120 Å². The van der Waals surface area contributed by atoms with Crippen LogP contribution in [0.3, 0.4) is 0 Å². The van der Waals surface area contributed by atoms with E-state index in [1.165, 1.54) is 0 Å². The molecule has 0 aromatic heterocycles. The SMILES string of the molecule is C.C.C=CC[NH3+].CCOCCOC(=O)CS(=O)(=O)[O-]. The Kier molecular flexibility index (Phi) is 23.8. The molecule has 0 heterocycles. The maximum Gasteiger partial charge on any atom is 0.320 e. The first-order chi connectivity index (χ1) is 7.87. The summed E-state index contributed by atoms with van der Waals surface area (Å²) >= 11 is 0. The van der Waals surface area contributed by atoms with E-state index in [0.29, 0.717) is 6.61 Å². The minimum Gasteiger partial charge on any atom is -0.748 e. The van der Waals surface area contributed by atoms with Crippen LogP contribution in [-0.4, -0.2) is 51.1 Å². The van der Waals surface area contributed by atoms with Crippen molar-refractivity contribution in [1.29, 1.82) is 0 Å². The number of esters is 1. The maximum atomic E-state index is 10.6. The molecular formula is C11H27NO6S. The second-order valence-corrected chi connectivity index (χ2v) is 4.10. The molecule has 0 spiro atoms. The van der Waals surface area contributed by atoms with Gasteiger partial charge in [-0.15, -0.1) is 0 Å². The fourth-order valence-corrected chi connectivity index (χ4v) is 0.917. The summed E-state index contributed by atoms with van der Waals surface area (Å²) in [5, 5.41) is 0. The molecule has 0 fully saturated rings. The molecule has 0 unspecified atom stereocenters. The van der Waals surface area contributed by atoms with E-state index in [1.54, 1.807) is 13.0 Å². The summed E-state index contributed by atoms with van der Waals surface area (Å²) in [6.07, 6.45) is 1.76. The fraction of sp³-hybridized carbons (Fsp3) is 0.727. The third-order valence-corrected chi connectivity index (χ3v) is 1.78. The lowest BCUT2D eigenvalue weighted by atomic mass is 10.7. The molecule has 0 saturated carbocycles. The third kappa shape index (κ3) is 31.6. The highest BCUT2D eigenvalue weighted by molar-refractivity contribution is 7.86. The van der Waals surface area contributed by atoms with E-state index in [9.17, 15) is 17.8 Å². The van der Waals surface area contributed by atoms with Gasteiger partial charge in [-0.05, 0) is 13.0 Å². The van der Waals surface area contributed by atoms with Crippen molar-refractivity contribution in [3.8, 4) is 0 Å². The van der Waals surface area contributed by atoms with Gasteiger partial charge in [0.1, 0.15) is 22.5 Å². The van der Waals surface area contributed by atoms with Crippen LogP contribution in [0.5, 0.6) is 0 Å². The van der Waals surface area contributed by atoms with Gasteiger partial charge in [0.05, 0.1) is 13.2 Å². The van der Waals surface area contributed by atoms with Crippen molar-refractivity contribution < 1.29 is 33.0 Å². The summed E-state index contributed by atoms with van der Waals surface area (Å²) in [6, 6.07) is 0. The van der Waals surface area contributed by atoms with Crippen LogP contribution >= 0.6 is 0 Å². The predicted octanol–water partition coefficient (Wildman–Crippen LogP) is -0.202. The molecule has 0 saturated heterocycles. The van der Waals surface area contributed by atoms with Crippen molar-refractivity contribution in [1.82, 2.24) is 0 Å². The second kappa shape index (κ2) is 17.0. The minimum absolute atomic E-state index is 0. The highest BCUT2D eigenvalue weighted by Gasteiger charge is 2.07. The Morgan fingerprint density at radius 1 is 1.37 bits per heavy atom. The normalized spacial score (nSPS) is 9.00. The van der Waals surface area contributed by atoms with Gasteiger partial charge < -0.3 is 19.8 Å². The lowest BCUT2D eigenvalue weighted by molar-refractivity contribution is -0.352. The molecule has 0 aliphatic rings. The van der Waals surface area contributed by atoms with Crippen molar-refractivity contribution in [2.24, 2.45) is 0 Å². The van der Waals surface area contributed by atoms with E-state index in [1.807, 2.05) is 0 Å². The highest BCUT2D eigenvalue weighted by atomic mass is 32.2. The van der Waals surface area contributed by atoms with Crippen LogP contribution in [0, 0.1) is 0 Å². The molecule has 19 heavy (non-hydrogen) atoms. The number of rotatable bonds is 7. The third-order valence-electron chi connectivity index (χ3n) is 1.19. The van der Waals surface area contributed by atoms with Gasteiger partial charge in [0, 0.05) is 6.61 Å². The molecule has 0 aliphatic heterocycles. The summed E-state index contributed by atoms with van der Waals surface area (Å²) in [5.74, 6) is -2.17. The van der Waals surface area contributed by atoms with Crippen molar-refractivity contribution >= 4 is 16.1 Å². The summed E-state index contributed by atoms with van der Waals surface area (Å²) in [5.41, 5.74) is 3.49. The minimum atomic E-state index is -4.53. The van der Waals surface area contributed by atoms with Gasteiger partial charge in [-0.2, -0.15) is 0 Å². The van der Waals surface area contributed by atoms with E-state index in [2.05, 4.69) is 17.0 Å². The maximum absolute atomic E-state index is 10.6. The van der Waals surface area contributed by atoms with Crippen molar-refractivity contribution in [3.05, 3.63) is 12.7 Å². The molecule has 0 amide bonds. The standard InChI is InChI=1S/C6H12O6S.C3H7N.2CH4/c1-2-11-3-4-12-6(7)5-13(8,9)10;1-2-3-4;;/h2-5H2,1H3,(H,8,9,10);2H,1,3-4H2;2*1H4. The zero-order valence-corrected chi connectivity index (χ0v) is 10.7. The van der Waals surface area contributed by atoms with Crippen molar-refractivity contribution in [2.45, 2.75) is 21.8 Å². The van der Waals surface area contributed by atoms with E-state index < -0.39 is 21.8 Å². The van der Waals surface area contributed by atoms with Crippen LogP contribution in [0.25, 0.3) is 0 Å². The zero-order valence-electron chi connectivity index (χ0n) is 9.88. The van der Waals surface area contributed by atoms with Crippen LogP contribution in [0.4, 0.5) is 0 Å². The van der Waals surface area contributed by atoms with Crippen LogP contribution in [0.2, 0.25) is 0 Å². The number of hydrogen-bond donors (Lipinski definition) is 1. The predicted molar refractivity (Wildman–Crippen MR) is 73.4 cm³/mol. The molecule has 7 nitrogen and oxygen atoms in total. The molecular weight excluding hydrogens is 274 g/mol. The molecule has 0 radical (unpaired) electrons. The number of quaternary nitrogens is 1. The number of carbonyl (C=O) groups excluding carboxylic acids is 1. The molecule has 0 aliphatic carbocycles. The highest BCUT2D eigenvalue weighted by Crippen LogP contribution is 1.86. The monoisotopic (exact) mass is 301 g/mol. The zero-order chi connectivity index (χ0) is 13.7. The van der Waals surface area contributed by atoms with E-state index in [-0.39, 0.29) is 28.1 Å². The summed E-state index contributed by atoms with van der Waals surface area (Å²) in [7, 11) is -4.53. The fourth-order valence-electron chi connectivity index (χ4n) is 0.545. The molecule has 3 N–H and O–H groups in total. The van der Waals surface area contributed by atoms with Gasteiger partial charge in [-0.3, -0.25) is 4.79 Å². The van der Waals surface area contributed by atoms with Gasteiger partial charge in [-0.1, -0.05) is 21.4 Å². The smallest absolute Gasteiger partial charge is 0.320 e. The lowest BCUT2D eigenvalue weighted by Gasteiger charge is -2.06. The Bertz CT molecular complexity index is 302. The van der Waals surface area contributed by atoms with Gasteiger partial charge >= 0.3 is 5.97 Å². The molecule has 0 atom stereocenters. The molecule has 0 aromatic carbocycles. The first-order valence-electron chi connectivity index (χ1n) is 4.94. The Hall–Kier alpha value is -0.960. The average Bonchev–Trinajstić information content (AvgIpc) is 2.22. The second-order valence-electron chi connectivity index (χ2n) is 2.70. The Morgan fingerprint density at radius 3 is 2.16 bits per heavy atom. The van der Waals surface area contributed by atoms with Crippen LogP contribution in [0.1, 0.15) is 21.8 Å². The van der Waals surface area contributed by atoms with Crippen LogP contribution in [0.15, 0.2) is 12.7 Å². The van der Waals surface area contributed by atoms with Crippen LogP contribution < -0.4 is 5.73 Å². The summed E-state index contributed by atoms with van der Waals surface area (Å²) < 4.78 is 39.3. The van der Waals surface area contributed by atoms with Gasteiger partial charge in [0.15, 0.2) is 0 Å². The average molecular weight is 301 g/mol. The number of hydrogen-bond acceptors (Lipinski definition) is 6. The van der Waals surface area contributed by atoms with Gasteiger partial charge in [0.25, 0.3) is 0 Å². The van der Waals surface area contributed by atoms with Crippen molar-refractivity contribution in [3.63, 3.8) is 0 Å². The summed E-state index contributed by atoms with van der Waals surface area (Å²) in [6.45, 7) is 6.66. The Labute approximate surface area is 116 Å². The Morgan fingerprint density at radius 2 is 1.84 bits per heavy atom. The number of ether oxygens (including phenoxy) is 2. The molecule has 0 bridgehead atoms. The van der Waals surface area contributed by atoms with Gasteiger partial charge in [-0.25, -0.2) is 8.42 Å². The van der Waals surface area contributed by atoms with E-state index in [0.717, 1.165) is 6.54 Å². The number of carbonyl (C=O) groups is 1. The molecule has 0 rings (SSSR count). The van der Waals surface area contributed by atoms with Gasteiger partial charge in [0.2, 0.25) is 0 Å². The molecule has 118 valence electrons. The lowest BCUT2D eigenvalue weighted by Crippen LogP contribution is -2.48. The first kappa shape index (κ1) is 26.6. The van der Waals surface area contributed by atoms with E-state index in [4.69, 9.17) is 4.74 Å². The van der Waals surface area contributed by atoms with Crippen molar-refractivity contribution in [2.75, 3.05) is 32.1 Å². The largest absolute Gasteiger partial charge is 0.748 e. The molecule has 0 aromatic rings. The van der Waals surface area contributed by atoms with E-state index >= 15 is 0 Å².